The zero-order valence-corrected chi connectivity index (χ0v) is 21.1. The normalized spacial score (nSPS) is 17.6. The van der Waals surface area contributed by atoms with E-state index < -0.39 is 0 Å². The average Bonchev–Trinajstić information content (AvgIpc) is 3.32. The second-order valence-electron chi connectivity index (χ2n) is 8.12. The van der Waals surface area contributed by atoms with Crippen molar-refractivity contribution in [3.63, 3.8) is 0 Å². The molecule has 1 fully saturated rings. The van der Waals surface area contributed by atoms with Gasteiger partial charge in [-0.15, -0.1) is 0 Å². The summed E-state index contributed by atoms with van der Waals surface area (Å²) >= 11 is 12.0. The summed E-state index contributed by atoms with van der Waals surface area (Å²) in [6.07, 6.45) is 2.00. The van der Waals surface area contributed by atoms with E-state index in [-0.39, 0.29) is 24.5 Å². The van der Waals surface area contributed by atoms with Crippen molar-refractivity contribution in [2.24, 2.45) is 0 Å². The fraction of sp³-hybridized carbons (Fsp3) is 0.320. The summed E-state index contributed by atoms with van der Waals surface area (Å²) in [5.74, 6) is 0.443. The molecule has 9 heteroatoms. The first-order valence-electron chi connectivity index (χ1n) is 10.9. The average molecular weight is 499 g/mol. The number of methoxy groups -OCH3 is 2. The lowest BCUT2D eigenvalue weighted by atomic mass is 9.96. The topological polar surface area (TPSA) is 68.6 Å². The maximum absolute atomic E-state index is 11.9. The number of nitrogens with one attached hydrogen (secondary N) is 1. The predicted molar refractivity (Wildman–Crippen MR) is 136 cm³/mol. The molecule has 34 heavy (non-hydrogen) atoms. The molecule has 3 aromatic rings. The van der Waals surface area contributed by atoms with Crippen molar-refractivity contribution in [3.05, 3.63) is 76.3 Å². The Morgan fingerprint density at radius 3 is 2.68 bits per heavy atom. The number of ether oxygens (including phenoxy) is 2. The molecular formula is C25H27ClN4O3S. The van der Waals surface area contributed by atoms with E-state index in [0.717, 1.165) is 34.1 Å². The Bertz CT molecular complexity index is 1210. The molecule has 0 aliphatic carbocycles. The maximum atomic E-state index is 11.9. The molecule has 7 nitrogen and oxygen atoms in total. The summed E-state index contributed by atoms with van der Waals surface area (Å²) in [6, 6.07) is 13.2. The van der Waals surface area contributed by atoms with Gasteiger partial charge in [0.2, 0.25) is 0 Å². The van der Waals surface area contributed by atoms with Crippen LogP contribution in [0.5, 0.6) is 5.75 Å². The van der Waals surface area contributed by atoms with Gasteiger partial charge in [0, 0.05) is 29.2 Å². The number of benzene rings is 1. The third-order valence-corrected chi connectivity index (χ3v) is 6.74. The third kappa shape index (κ3) is 4.48. The number of carbonyl (C=O) groups excluding carboxylic acids is 1. The maximum Gasteiger partial charge on any atom is 0.307 e. The number of rotatable bonds is 7. The summed E-state index contributed by atoms with van der Waals surface area (Å²) in [5, 5.41) is 4.63. The van der Waals surface area contributed by atoms with Gasteiger partial charge in [-0.25, -0.2) is 0 Å². The second-order valence-corrected chi connectivity index (χ2v) is 8.95. The largest absolute Gasteiger partial charge is 0.495 e. The Balaban J connectivity index is 1.83. The van der Waals surface area contributed by atoms with Crippen molar-refractivity contribution in [2.45, 2.75) is 32.4 Å². The molecule has 2 unspecified atom stereocenters. The van der Waals surface area contributed by atoms with Crippen LogP contribution in [0.2, 0.25) is 5.02 Å². The van der Waals surface area contributed by atoms with E-state index in [2.05, 4.69) is 27.9 Å². The van der Waals surface area contributed by atoms with E-state index in [9.17, 15) is 4.79 Å². The molecule has 0 amide bonds. The fourth-order valence-corrected chi connectivity index (χ4v) is 5.09. The van der Waals surface area contributed by atoms with E-state index in [1.807, 2.05) is 48.2 Å². The van der Waals surface area contributed by atoms with Gasteiger partial charge in [0.05, 0.1) is 44.1 Å². The summed E-state index contributed by atoms with van der Waals surface area (Å²) < 4.78 is 12.6. The highest BCUT2D eigenvalue weighted by Gasteiger charge is 2.41. The van der Waals surface area contributed by atoms with Crippen molar-refractivity contribution in [1.29, 1.82) is 0 Å². The Morgan fingerprint density at radius 1 is 1.21 bits per heavy atom. The van der Waals surface area contributed by atoms with Crippen LogP contribution in [0.4, 0.5) is 0 Å². The molecular weight excluding hydrogens is 472 g/mol. The number of aromatic nitrogens is 2. The molecule has 1 saturated heterocycles. The van der Waals surface area contributed by atoms with Crippen LogP contribution in [0.25, 0.3) is 5.69 Å². The number of hydrogen-bond donors (Lipinski definition) is 1. The summed E-state index contributed by atoms with van der Waals surface area (Å²) in [6.45, 7) is 4.54. The molecule has 2 aromatic heterocycles. The molecule has 2 atom stereocenters. The van der Waals surface area contributed by atoms with Gasteiger partial charge in [-0.05, 0) is 68.0 Å². The molecule has 0 saturated carbocycles. The van der Waals surface area contributed by atoms with Crippen LogP contribution in [0.3, 0.4) is 0 Å². The SMILES string of the molecule is COC(=O)CCN1C(=S)NC(c2ccccn2)C1c1cc(C)n(-c2cc(Cl)ccc2OC)c1C. The first kappa shape index (κ1) is 24.0. The molecule has 0 spiro atoms. The molecule has 4 rings (SSSR count). The van der Waals surface area contributed by atoms with Crippen LogP contribution in [0, 0.1) is 13.8 Å². The number of esters is 1. The highest BCUT2D eigenvalue weighted by atomic mass is 35.5. The number of nitrogens with zero attached hydrogens (tertiary/aromatic N) is 3. The lowest BCUT2D eigenvalue weighted by molar-refractivity contribution is -0.140. The van der Waals surface area contributed by atoms with E-state index in [0.29, 0.717) is 16.7 Å². The van der Waals surface area contributed by atoms with Gasteiger partial charge in [-0.3, -0.25) is 9.78 Å². The number of carbonyl (C=O) groups is 1. The van der Waals surface area contributed by atoms with Crippen molar-refractivity contribution in [2.75, 3.05) is 20.8 Å². The zero-order chi connectivity index (χ0) is 24.4. The van der Waals surface area contributed by atoms with Gasteiger partial charge in [-0.2, -0.15) is 0 Å². The molecule has 0 radical (unpaired) electrons. The van der Waals surface area contributed by atoms with E-state index >= 15 is 0 Å². The van der Waals surface area contributed by atoms with Crippen LogP contribution in [0.1, 0.15) is 41.1 Å². The van der Waals surface area contributed by atoms with E-state index in [4.69, 9.17) is 33.3 Å². The van der Waals surface area contributed by atoms with Crippen molar-refractivity contribution < 1.29 is 14.3 Å². The molecule has 0 bridgehead atoms. The van der Waals surface area contributed by atoms with Crippen molar-refractivity contribution in [1.82, 2.24) is 19.8 Å². The van der Waals surface area contributed by atoms with Gasteiger partial charge >= 0.3 is 5.97 Å². The van der Waals surface area contributed by atoms with E-state index in [1.54, 1.807) is 13.3 Å². The van der Waals surface area contributed by atoms with Gasteiger partial charge in [0.25, 0.3) is 0 Å². The molecule has 1 aliphatic rings. The fourth-order valence-electron chi connectivity index (χ4n) is 4.59. The Labute approximate surface area is 209 Å². The van der Waals surface area contributed by atoms with Crippen molar-refractivity contribution in [3.8, 4) is 11.4 Å². The predicted octanol–water partition coefficient (Wildman–Crippen LogP) is 4.69. The minimum absolute atomic E-state index is 0.169. The van der Waals surface area contributed by atoms with Crippen LogP contribution >= 0.6 is 23.8 Å². The van der Waals surface area contributed by atoms with E-state index in [1.165, 1.54) is 7.11 Å². The Hall–Kier alpha value is -3.10. The van der Waals surface area contributed by atoms with Gasteiger partial charge in [0.1, 0.15) is 5.75 Å². The number of hydrogen-bond acceptors (Lipinski definition) is 5. The zero-order valence-electron chi connectivity index (χ0n) is 19.5. The van der Waals surface area contributed by atoms with Crippen LogP contribution in [0.15, 0.2) is 48.7 Å². The van der Waals surface area contributed by atoms with Crippen LogP contribution < -0.4 is 10.1 Å². The van der Waals surface area contributed by atoms with Gasteiger partial charge < -0.3 is 24.3 Å². The van der Waals surface area contributed by atoms with Crippen LogP contribution in [-0.4, -0.2) is 46.3 Å². The quantitative estimate of drug-likeness (QED) is 0.374. The lowest BCUT2D eigenvalue weighted by Gasteiger charge is -2.28. The number of halogens is 1. The Kier molecular flexibility index (Phi) is 7.09. The number of aryl methyl sites for hydroxylation is 1. The summed E-state index contributed by atoms with van der Waals surface area (Å²) in [4.78, 5) is 18.6. The number of pyridine rings is 1. The van der Waals surface area contributed by atoms with Gasteiger partial charge in [0.15, 0.2) is 5.11 Å². The molecule has 1 aromatic carbocycles. The molecule has 178 valence electrons. The first-order chi connectivity index (χ1) is 16.3. The van der Waals surface area contributed by atoms with Gasteiger partial charge in [-0.1, -0.05) is 17.7 Å². The minimum Gasteiger partial charge on any atom is -0.495 e. The summed E-state index contributed by atoms with van der Waals surface area (Å²) in [5.41, 5.74) is 4.87. The third-order valence-electron chi connectivity index (χ3n) is 6.15. The highest BCUT2D eigenvalue weighted by molar-refractivity contribution is 7.80. The molecule has 1 N–H and O–H groups in total. The molecule has 3 heterocycles. The summed E-state index contributed by atoms with van der Waals surface area (Å²) in [7, 11) is 3.04. The second kappa shape index (κ2) is 10.0. The molecule has 1 aliphatic heterocycles. The van der Waals surface area contributed by atoms with Crippen molar-refractivity contribution >= 4 is 34.9 Å². The Morgan fingerprint density at radius 2 is 2.00 bits per heavy atom. The monoisotopic (exact) mass is 498 g/mol. The number of thiocarbonyl (C=S) groups is 1. The standard InChI is InChI=1S/C25H27ClN4O3S/c1-15-13-18(16(2)30(15)20-14-17(26)8-9-21(20)32-3)24-23(19-7-5-6-11-27-19)28-25(34)29(24)12-10-22(31)33-4/h5-9,11,13-14,23-24H,10,12H2,1-4H3,(H,28,34). The van der Waals surface area contributed by atoms with Crippen LogP contribution in [-0.2, 0) is 9.53 Å². The smallest absolute Gasteiger partial charge is 0.307 e. The highest BCUT2D eigenvalue weighted by Crippen LogP contribution is 2.42. The minimum atomic E-state index is -0.281. The first-order valence-corrected chi connectivity index (χ1v) is 11.7. The lowest BCUT2D eigenvalue weighted by Crippen LogP contribution is -2.32.